The fraction of sp³-hybridized carbons (Fsp3) is 0.800. The zero-order valence-electron chi connectivity index (χ0n) is 11.8. The average Bonchev–Trinajstić information content (AvgIpc) is 2.36. The van der Waals surface area contributed by atoms with Crippen LogP contribution in [0.1, 0.15) is 13.8 Å². The van der Waals surface area contributed by atoms with E-state index in [4.69, 9.17) is 50.4 Å². The molecule has 0 atom stereocenters. The van der Waals surface area contributed by atoms with Crippen LogP contribution in [0.4, 0.5) is 0 Å². The Morgan fingerprint density at radius 1 is 0.762 bits per heavy atom. The van der Waals surface area contributed by atoms with E-state index < -0.39 is 24.1 Å². The van der Waals surface area contributed by atoms with Crippen LogP contribution in [0, 0.1) is 0 Å². The third-order valence-electron chi connectivity index (χ3n) is 0.843. The molecule has 0 rings (SSSR count). The van der Waals surface area contributed by atoms with Crippen molar-refractivity contribution in [2.45, 2.75) is 26.1 Å². The molecule has 0 heterocycles. The maximum Gasteiger partial charge on any atom is 2.00 e. The van der Waals surface area contributed by atoms with Gasteiger partial charge in [0.25, 0.3) is 0 Å². The topological polar surface area (TPSA) is 202 Å². The monoisotopic (exact) mass is 510 g/mol. The van der Waals surface area contributed by atoms with Gasteiger partial charge in [0.15, 0.2) is 0 Å². The van der Waals surface area contributed by atoms with Gasteiger partial charge >= 0.3 is 27.3 Å². The second kappa shape index (κ2) is 27.9. The first-order valence-corrected chi connectivity index (χ1v) is 5.23. The SMILES string of the molecule is CC(=O)[O-].CC(=O)[O-].OCC(O)CO.OCC(O)CO.[Pb+2]. The fourth-order valence-corrected chi connectivity index (χ4v) is 0.115. The minimum Gasteiger partial charge on any atom is -0.550 e. The molecule has 2 radical (unpaired) electrons. The Hall–Kier alpha value is -0.378. The van der Waals surface area contributed by atoms with Crippen molar-refractivity contribution in [2.24, 2.45) is 0 Å². The molecule has 0 aromatic rings. The Labute approximate surface area is 142 Å². The number of carboxylic acids is 2. The van der Waals surface area contributed by atoms with E-state index in [0.717, 1.165) is 13.8 Å². The summed E-state index contributed by atoms with van der Waals surface area (Å²) in [6, 6.07) is 0. The predicted molar refractivity (Wildman–Crippen MR) is 67.5 cm³/mol. The van der Waals surface area contributed by atoms with Gasteiger partial charge in [-0.05, 0) is 13.8 Å². The van der Waals surface area contributed by atoms with Crippen LogP contribution in [-0.4, -0.2) is 109 Å². The molecule has 11 heteroatoms. The molecular weight excluding hydrogens is 487 g/mol. The van der Waals surface area contributed by atoms with E-state index in [2.05, 4.69) is 0 Å². The molecule has 0 aromatic carbocycles. The van der Waals surface area contributed by atoms with Crippen molar-refractivity contribution in [3.8, 4) is 0 Å². The standard InChI is InChI=1S/2C3H8O3.2C2H4O2.Pb/c2*4-1-3(6)2-5;2*1-2(3)4;/h2*3-6H,1-2H2;2*1H3,(H,3,4);/q;;;;+2/p-2. The largest absolute Gasteiger partial charge is 2.00 e. The Balaban J connectivity index is -0.0000000544. The van der Waals surface area contributed by atoms with Gasteiger partial charge in [-0.2, -0.15) is 0 Å². The summed E-state index contributed by atoms with van der Waals surface area (Å²) in [6.07, 6.45) is -1.91. The average molecular weight is 509 g/mol. The van der Waals surface area contributed by atoms with E-state index in [1.54, 1.807) is 0 Å². The van der Waals surface area contributed by atoms with Crippen molar-refractivity contribution >= 4 is 39.2 Å². The van der Waals surface area contributed by atoms with Crippen molar-refractivity contribution < 1.29 is 50.4 Å². The Kier molecular flexibility index (Phi) is 43.2. The van der Waals surface area contributed by atoms with E-state index in [1.807, 2.05) is 0 Å². The number of aliphatic hydroxyl groups is 6. The smallest absolute Gasteiger partial charge is 0.550 e. The Morgan fingerprint density at radius 2 is 0.857 bits per heavy atom. The van der Waals surface area contributed by atoms with Crippen molar-refractivity contribution in [1.82, 2.24) is 0 Å². The summed E-state index contributed by atoms with van der Waals surface area (Å²) in [6.45, 7) is 0.486. The summed E-state index contributed by atoms with van der Waals surface area (Å²) in [4.78, 5) is 17.8. The number of aliphatic hydroxyl groups excluding tert-OH is 6. The summed E-state index contributed by atoms with van der Waals surface area (Å²) in [7, 11) is 0. The fourth-order valence-electron chi connectivity index (χ4n) is 0.115. The second-order valence-electron chi connectivity index (χ2n) is 3.02. The first-order chi connectivity index (χ1) is 9.08. The van der Waals surface area contributed by atoms with Crippen LogP contribution in [0.2, 0.25) is 0 Å². The van der Waals surface area contributed by atoms with Crippen molar-refractivity contribution in [3.63, 3.8) is 0 Å². The number of hydrogen-bond donors (Lipinski definition) is 6. The summed E-state index contributed by atoms with van der Waals surface area (Å²) >= 11 is 0. The maximum absolute atomic E-state index is 8.89. The van der Waals surface area contributed by atoms with Crippen molar-refractivity contribution in [2.75, 3.05) is 26.4 Å². The Bertz CT molecular complexity index is 176. The number of rotatable bonds is 4. The predicted octanol–water partition coefficient (Wildman–Crippen LogP) is -6.20. The summed E-state index contributed by atoms with van der Waals surface area (Å²) in [5.74, 6) is -2.17. The van der Waals surface area contributed by atoms with Gasteiger partial charge in [0, 0.05) is 11.9 Å². The molecule has 0 fully saturated rings. The molecule has 0 aromatic heterocycles. The number of carbonyl (C=O) groups excluding carboxylic acids is 2. The minimum absolute atomic E-state index is 0. The zero-order chi connectivity index (χ0) is 17.1. The zero-order valence-corrected chi connectivity index (χ0v) is 15.7. The van der Waals surface area contributed by atoms with Gasteiger partial charge in [-0.3, -0.25) is 0 Å². The summed E-state index contributed by atoms with van der Waals surface area (Å²) in [5, 5.41) is 65.8. The molecule has 0 saturated heterocycles. The van der Waals surface area contributed by atoms with Gasteiger partial charge in [0.2, 0.25) is 0 Å². The molecule has 0 saturated carbocycles. The molecule has 0 amide bonds. The molecule has 10 nitrogen and oxygen atoms in total. The number of carbonyl (C=O) groups is 2. The van der Waals surface area contributed by atoms with Crippen LogP contribution in [0.3, 0.4) is 0 Å². The van der Waals surface area contributed by atoms with Crippen LogP contribution in [-0.2, 0) is 9.59 Å². The summed E-state index contributed by atoms with van der Waals surface area (Å²) in [5.41, 5.74) is 0. The molecule has 0 aliphatic rings. The van der Waals surface area contributed by atoms with Crippen LogP contribution in [0.15, 0.2) is 0 Å². The van der Waals surface area contributed by atoms with Crippen LogP contribution >= 0.6 is 0 Å². The van der Waals surface area contributed by atoms with E-state index in [9.17, 15) is 0 Å². The molecule has 126 valence electrons. The Morgan fingerprint density at radius 3 is 0.857 bits per heavy atom. The van der Waals surface area contributed by atoms with Crippen molar-refractivity contribution in [1.29, 1.82) is 0 Å². The van der Waals surface area contributed by atoms with E-state index in [-0.39, 0.29) is 53.7 Å². The van der Waals surface area contributed by atoms with Gasteiger partial charge in [0.1, 0.15) is 12.2 Å². The molecule has 0 unspecified atom stereocenters. The van der Waals surface area contributed by atoms with Gasteiger partial charge in [-0.25, -0.2) is 0 Å². The molecular formula is C10H22O10Pb. The van der Waals surface area contributed by atoms with Crippen molar-refractivity contribution in [3.05, 3.63) is 0 Å². The quantitative estimate of drug-likeness (QED) is 0.198. The van der Waals surface area contributed by atoms with Crippen LogP contribution < -0.4 is 10.2 Å². The molecule has 0 spiro atoms. The van der Waals surface area contributed by atoms with E-state index in [1.165, 1.54) is 0 Å². The normalized spacial score (nSPS) is 8.10. The van der Waals surface area contributed by atoms with E-state index >= 15 is 0 Å². The number of hydrogen-bond acceptors (Lipinski definition) is 10. The van der Waals surface area contributed by atoms with Gasteiger partial charge in [-0.1, -0.05) is 0 Å². The molecule has 21 heavy (non-hydrogen) atoms. The second-order valence-corrected chi connectivity index (χ2v) is 3.02. The first kappa shape index (κ1) is 32.5. The molecule has 0 bridgehead atoms. The van der Waals surface area contributed by atoms with Crippen LogP contribution in [0.25, 0.3) is 0 Å². The number of carboxylic acid groups (broad SMARTS) is 2. The van der Waals surface area contributed by atoms with Gasteiger partial charge < -0.3 is 50.4 Å². The molecule has 6 N–H and O–H groups in total. The van der Waals surface area contributed by atoms with Crippen LogP contribution in [0.5, 0.6) is 0 Å². The maximum atomic E-state index is 8.89. The first-order valence-electron chi connectivity index (χ1n) is 5.23. The molecule has 0 aliphatic heterocycles. The van der Waals surface area contributed by atoms with Gasteiger partial charge in [-0.15, -0.1) is 0 Å². The van der Waals surface area contributed by atoms with E-state index in [0.29, 0.717) is 0 Å². The third-order valence-corrected chi connectivity index (χ3v) is 0.843. The third kappa shape index (κ3) is 105. The minimum atomic E-state index is -1.08. The van der Waals surface area contributed by atoms with Gasteiger partial charge in [0.05, 0.1) is 26.4 Å². The summed E-state index contributed by atoms with van der Waals surface area (Å²) < 4.78 is 0. The number of aliphatic carboxylic acids is 2. The molecule has 0 aliphatic carbocycles.